The lowest BCUT2D eigenvalue weighted by atomic mass is 10.1. The van der Waals surface area contributed by atoms with Gasteiger partial charge in [-0.2, -0.15) is 5.10 Å². The lowest BCUT2D eigenvalue weighted by Crippen LogP contribution is -2.24. The molecule has 0 unspecified atom stereocenters. The van der Waals surface area contributed by atoms with E-state index < -0.39 is 12.0 Å². The number of anilines is 1. The van der Waals surface area contributed by atoms with E-state index >= 15 is 0 Å². The number of benzene rings is 3. The molecule has 2 amide bonds. The Kier molecular flexibility index (Phi) is 7.64. The molecule has 3 rings (SSSR count). The van der Waals surface area contributed by atoms with Crippen molar-refractivity contribution in [3.8, 4) is 11.5 Å². The second-order valence-corrected chi connectivity index (χ2v) is 7.28. The number of carboxylic acid groups (broad SMARTS) is 1. The van der Waals surface area contributed by atoms with Crippen LogP contribution in [0.3, 0.4) is 0 Å². The average molecular weight is 447 g/mol. The second kappa shape index (κ2) is 10.8. The number of methoxy groups -OCH3 is 1. The van der Waals surface area contributed by atoms with E-state index in [9.17, 15) is 9.59 Å². The van der Waals surface area contributed by atoms with Gasteiger partial charge < -0.3 is 19.9 Å². The number of hydrogen-bond donors (Lipinski definition) is 3. The van der Waals surface area contributed by atoms with Crippen molar-refractivity contribution in [1.29, 1.82) is 0 Å². The highest BCUT2D eigenvalue weighted by atomic mass is 16.5. The number of carbonyl (C=O) groups is 2. The van der Waals surface area contributed by atoms with Crippen LogP contribution in [0.5, 0.6) is 11.5 Å². The van der Waals surface area contributed by atoms with Crippen LogP contribution in [0.4, 0.5) is 10.5 Å². The summed E-state index contributed by atoms with van der Waals surface area (Å²) in [5.41, 5.74) is 6.85. The van der Waals surface area contributed by atoms with Crippen molar-refractivity contribution in [2.24, 2.45) is 5.10 Å². The van der Waals surface area contributed by atoms with Gasteiger partial charge >= 0.3 is 12.0 Å². The minimum atomic E-state index is -0.991. The molecule has 170 valence electrons. The van der Waals surface area contributed by atoms with Gasteiger partial charge in [-0.3, -0.25) is 0 Å². The fraction of sp³-hybridized carbons (Fsp3) is 0.160. The number of rotatable bonds is 8. The Morgan fingerprint density at radius 3 is 2.58 bits per heavy atom. The molecule has 0 bridgehead atoms. The quantitative estimate of drug-likeness (QED) is 0.341. The van der Waals surface area contributed by atoms with Crippen molar-refractivity contribution in [3.63, 3.8) is 0 Å². The van der Waals surface area contributed by atoms with E-state index in [-0.39, 0.29) is 12.2 Å². The fourth-order valence-electron chi connectivity index (χ4n) is 3.04. The number of ether oxygens (including phenoxy) is 2. The first-order valence-corrected chi connectivity index (χ1v) is 10.2. The molecule has 0 aliphatic rings. The van der Waals surface area contributed by atoms with Crippen LogP contribution in [-0.4, -0.2) is 30.4 Å². The first-order chi connectivity index (χ1) is 15.9. The predicted molar refractivity (Wildman–Crippen MR) is 126 cm³/mol. The Bertz CT molecular complexity index is 1190. The molecule has 3 aromatic carbocycles. The normalized spacial score (nSPS) is 10.6. The number of aromatic carboxylic acids is 1. The Morgan fingerprint density at radius 2 is 1.82 bits per heavy atom. The molecule has 3 N–H and O–H groups in total. The number of hydrazone groups is 1. The van der Waals surface area contributed by atoms with E-state index in [1.807, 2.05) is 32.0 Å². The SMILES string of the molecule is COc1cc(/C=N/NC(=O)Nc2cccc(C)c2C)ccc1OCc1cccc(C(=O)O)c1. The summed E-state index contributed by atoms with van der Waals surface area (Å²) in [6.07, 6.45) is 1.49. The molecule has 0 atom stereocenters. The Hall–Kier alpha value is -4.33. The lowest BCUT2D eigenvalue weighted by Gasteiger charge is -2.12. The van der Waals surface area contributed by atoms with E-state index in [1.165, 1.54) is 19.4 Å². The summed E-state index contributed by atoms with van der Waals surface area (Å²) < 4.78 is 11.2. The molecule has 0 saturated heterocycles. The van der Waals surface area contributed by atoms with Gasteiger partial charge in [-0.05, 0) is 72.5 Å². The maximum absolute atomic E-state index is 12.1. The molecule has 8 nitrogen and oxygen atoms in total. The molecule has 0 aromatic heterocycles. The van der Waals surface area contributed by atoms with Gasteiger partial charge in [-0.1, -0.05) is 24.3 Å². The summed E-state index contributed by atoms with van der Waals surface area (Å²) in [6, 6.07) is 17.0. The molecular formula is C25H25N3O5. The summed E-state index contributed by atoms with van der Waals surface area (Å²) >= 11 is 0. The van der Waals surface area contributed by atoms with Gasteiger partial charge in [0.05, 0.1) is 18.9 Å². The predicted octanol–water partition coefficient (Wildman–Crippen LogP) is 4.74. The van der Waals surface area contributed by atoms with Gasteiger partial charge in [0.15, 0.2) is 11.5 Å². The Morgan fingerprint density at radius 1 is 1.03 bits per heavy atom. The van der Waals surface area contributed by atoms with E-state index in [0.29, 0.717) is 17.1 Å². The molecule has 3 aromatic rings. The smallest absolute Gasteiger partial charge is 0.339 e. The van der Waals surface area contributed by atoms with Crippen LogP contribution in [0.2, 0.25) is 0 Å². The molecular weight excluding hydrogens is 422 g/mol. The summed E-state index contributed by atoms with van der Waals surface area (Å²) in [4.78, 5) is 23.2. The Balaban J connectivity index is 1.60. The highest BCUT2D eigenvalue weighted by molar-refractivity contribution is 5.91. The van der Waals surface area contributed by atoms with Gasteiger partial charge in [0.2, 0.25) is 0 Å². The molecule has 0 aliphatic heterocycles. The van der Waals surface area contributed by atoms with Gasteiger partial charge in [-0.25, -0.2) is 15.0 Å². The summed E-state index contributed by atoms with van der Waals surface area (Å²) in [6.45, 7) is 4.10. The first-order valence-electron chi connectivity index (χ1n) is 10.2. The van der Waals surface area contributed by atoms with Crippen molar-refractivity contribution in [2.75, 3.05) is 12.4 Å². The number of urea groups is 1. The number of amides is 2. The maximum atomic E-state index is 12.1. The van der Waals surface area contributed by atoms with Gasteiger partial charge in [0, 0.05) is 5.69 Å². The molecule has 8 heteroatoms. The third kappa shape index (κ3) is 6.33. The van der Waals surface area contributed by atoms with E-state index in [1.54, 1.807) is 36.4 Å². The average Bonchev–Trinajstić information content (AvgIpc) is 2.81. The van der Waals surface area contributed by atoms with Crippen LogP contribution in [-0.2, 0) is 6.61 Å². The van der Waals surface area contributed by atoms with E-state index in [0.717, 1.165) is 22.4 Å². The zero-order chi connectivity index (χ0) is 23.8. The number of aryl methyl sites for hydroxylation is 1. The van der Waals surface area contributed by atoms with Gasteiger partial charge in [-0.15, -0.1) is 0 Å². The molecule has 0 fully saturated rings. The van der Waals surface area contributed by atoms with Crippen molar-refractivity contribution in [1.82, 2.24) is 5.43 Å². The number of nitrogens with one attached hydrogen (secondary N) is 2. The third-order valence-corrected chi connectivity index (χ3v) is 4.99. The summed E-state index contributed by atoms with van der Waals surface area (Å²) in [7, 11) is 1.52. The standard InChI is InChI=1S/C25H25N3O5/c1-16-6-4-9-21(17(16)2)27-25(31)28-26-14-18-10-11-22(23(13-18)32-3)33-15-19-7-5-8-20(12-19)24(29)30/h4-14H,15H2,1-3H3,(H,29,30)(H2,27,28,31)/b26-14+. The minimum absolute atomic E-state index is 0.186. The highest BCUT2D eigenvalue weighted by Crippen LogP contribution is 2.28. The fourth-order valence-corrected chi connectivity index (χ4v) is 3.04. The van der Waals surface area contributed by atoms with Crippen molar-refractivity contribution >= 4 is 23.9 Å². The van der Waals surface area contributed by atoms with Crippen LogP contribution in [0.25, 0.3) is 0 Å². The van der Waals surface area contributed by atoms with Crippen LogP contribution in [0.15, 0.2) is 65.8 Å². The number of carbonyl (C=O) groups excluding carboxylic acids is 1. The van der Waals surface area contributed by atoms with E-state index in [2.05, 4.69) is 15.8 Å². The first kappa shape index (κ1) is 23.3. The van der Waals surface area contributed by atoms with Crippen molar-refractivity contribution in [3.05, 3.63) is 88.5 Å². The van der Waals surface area contributed by atoms with Crippen LogP contribution in [0, 0.1) is 13.8 Å². The minimum Gasteiger partial charge on any atom is -0.493 e. The van der Waals surface area contributed by atoms with E-state index in [4.69, 9.17) is 14.6 Å². The van der Waals surface area contributed by atoms with Gasteiger partial charge in [0.25, 0.3) is 0 Å². The zero-order valence-corrected chi connectivity index (χ0v) is 18.6. The largest absolute Gasteiger partial charge is 0.493 e. The monoisotopic (exact) mass is 447 g/mol. The molecule has 0 heterocycles. The van der Waals surface area contributed by atoms with Crippen molar-refractivity contribution < 1.29 is 24.2 Å². The van der Waals surface area contributed by atoms with Crippen LogP contribution in [0.1, 0.15) is 32.6 Å². The Labute approximate surface area is 191 Å². The number of nitrogens with zero attached hydrogens (tertiary/aromatic N) is 1. The molecule has 0 radical (unpaired) electrons. The van der Waals surface area contributed by atoms with Crippen LogP contribution >= 0.6 is 0 Å². The third-order valence-electron chi connectivity index (χ3n) is 4.99. The summed E-state index contributed by atoms with van der Waals surface area (Å²) in [5, 5.41) is 15.8. The molecule has 0 aliphatic carbocycles. The number of carboxylic acids is 1. The highest BCUT2D eigenvalue weighted by Gasteiger charge is 2.08. The lowest BCUT2D eigenvalue weighted by molar-refractivity contribution is 0.0696. The van der Waals surface area contributed by atoms with Crippen molar-refractivity contribution in [2.45, 2.75) is 20.5 Å². The molecule has 0 saturated carbocycles. The molecule has 33 heavy (non-hydrogen) atoms. The second-order valence-electron chi connectivity index (χ2n) is 7.28. The van der Waals surface area contributed by atoms with Gasteiger partial charge in [0.1, 0.15) is 6.61 Å². The number of hydrogen-bond acceptors (Lipinski definition) is 5. The zero-order valence-electron chi connectivity index (χ0n) is 18.6. The summed E-state index contributed by atoms with van der Waals surface area (Å²) in [5.74, 6) is -0.0152. The molecule has 0 spiro atoms. The topological polar surface area (TPSA) is 109 Å². The van der Waals surface area contributed by atoms with Crippen LogP contribution < -0.4 is 20.2 Å². The maximum Gasteiger partial charge on any atom is 0.339 e.